The molecule has 2 atom stereocenters. The number of nitrogens with one attached hydrogen (secondary N) is 2. The minimum absolute atomic E-state index is 0.237. The standard InChI is InChI=1S/C22H19F3N4O4/c1-9-12-6-26-19-16(12)18-13(7-27-19)10-4-14(32-2)15(33-3)5-11(10)21(31)29(18)17(9)20(30)28-8-22(23,24)25/h4-7,9,17H,8H2,1-3H3,(H,26,27)(H,28,30)/t9?,17-/m1/s1. The first-order valence-electron chi connectivity index (χ1n) is 10.1. The maximum Gasteiger partial charge on any atom is 0.405 e. The third kappa shape index (κ3) is 3.02. The molecule has 1 unspecified atom stereocenters. The van der Waals surface area contributed by atoms with Crippen molar-refractivity contribution in [1.29, 1.82) is 0 Å². The second-order valence-electron chi connectivity index (χ2n) is 7.98. The first-order valence-corrected chi connectivity index (χ1v) is 10.1. The summed E-state index contributed by atoms with van der Waals surface area (Å²) in [7, 11) is 2.90. The summed E-state index contributed by atoms with van der Waals surface area (Å²) in [4.78, 5) is 34.2. The van der Waals surface area contributed by atoms with Gasteiger partial charge in [-0.1, -0.05) is 6.92 Å². The summed E-state index contributed by atoms with van der Waals surface area (Å²) in [5, 5.41) is 3.95. The number of rotatable bonds is 4. The summed E-state index contributed by atoms with van der Waals surface area (Å²) < 4.78 is 50.4. The van der Waals surface area contributed by atoms with Crippen LogP contribution < -0.4 is 20.3 Å². The summed E-state index contributed by atoms with van der Waals surface area (Å²) in [6.45, 7) is 0.213. The van der Waals surface area contributed by atoms with E-state index >= 15 is 0 Å². The fourth-order valence-electron chi connectivity index (χ4n) is 4.71. The van der Waals surface area contributed by atoms with Crippen molar-refractivity contribution in [1.82, 2.24) is 19.9 Å². The average Bonchev–Trinajstić information content (AvgIpc) is 3.22. The highest BCUT2D eigenvalue weighted by Gasteiger charge is 2.39. The van der Waals surface area contributed by atoms with Gasteiger partial charge in [-0.2, -0.15) is 13.2 Å². The van der Waals surface area contributed by atoms with E-state index in [1.807, 2.05) is 5.32 Å². The number of benzene rings is 1. The van der Waals surface area contributed by atoms with Crippen molar-refractivity contribution in [2.24, 2.45) is 0 Å². The quantitative estimate of drug-likeness (QED) is 0.455. The van der Waals surface area contributed by atoms with Crippen molar-refractivity contribution in [3.05, 3.63) is 40.4 Å². The molecule has 33 heavy (non-hydrogen) atoms. The first kappa shape index (κ1) is 21.1. The molecule has 1 aliphatic heterocycles. The Kier molecular flexibility index (Phi) is 4.56. The second kappa shape index (κ2) is 7.12. The molecule has 3 aromatic heterocycles. The van der Waals surface area contributed by atoms with Crippen LogP contribution in [-0.4, -0.2) is 47.4 Å². The van der Waals surface area contributed by atoms with Crippen LogP contribution in [0.5, 0.6) is 11.5 Å². The van der Waals surface area contributed by atoms with Crippen LogP contribution in [0.15, 0.2) is 29.3 Å². The van der Waals surface area contributed by atoms with E-state index in [1.54, 1.807) is 25.4 Å². The molecule has 4 heterocycles. The third-order valence-corrected chi connectivity index (χ3v) is 6.18. The maximum absolute atomic E-state index is 13.7. The van der Waals surface area contributed by atoms with E-state index < -0.39 is 36.1 Å². The van der Waals surface area contributed by atoms with Crippen LogP contribution >= 0.6 is 0 Å². The molecule has 0 saturated carbocycles. The van der Waals surface area contributed by atoms with Gasteiger partial charge in [-0.15, -0.1) is 0 Å². The number of ether oxygens (including phenoxy) is 2. The molecule has 0 spiro atoms. The van der Waals surface area contributed by atoms with Crippen molar-refractivity contribution in [3.8, 4) is 11.5 Å². The fourth-order valence-corrected chi connectivity index (χ4v) is 4.71. The minimum Gasteiger partial charge on any atom is -0.493 e. The van der Waals surface area contributed by atoms with Gasteiger partial charge in [0.15, 0.2) is 11.5 Å². The Labute approximate surface area is 184 Å². The number of H-pyrrole nitrogens is 1. The summed E-state index contributed by atoms with van der Waals surface area (Å²) in [5.41, 5.74) is 1.14. The monoisotopic (exact) mass is 460 g/mol. The van der Waals surface area contributed by atoms with Crippen molar-refractivity contribution in [2.75, 3.05) is 20.8 Å². The van der Waals surface area contributed by atoms with Gasteiger partial charge in [0.05, 0.1) is 25.1 Å². The van der Waals surface area contributed by atoms with Gasteiger partial charge in [0.2, 0.25) is 5.91 Å². The number of aromatic nitrogens is 3. The van der Waals surface area contributed by atoms with Crippen molar-refractivity contribution in [2.45, 2.75) is 25.1 Å². The van der Waals surface area contributed by atoms with Gasteiger partial charge in [-0.3, -0.25) is 14.2 Å². The minimum atomic E-state index is -4.58. The molecule has 5 rings (SSSR count). The number of pyridine rings is 2. The van der Waals surface area contributed by atoms with Crippen molar-refractivity contribution < 1.29 is 27.4 Å². The number of hydrogen-bond acceptors (Lipinski definition) is 5. The molecule has 1 aliphatic rings. The lowest BCUT2D eigenvalue weighted by molar-refractivity contribution is -0.140. The van der Waals surface area contributed by atoms with E-state index in [0.29, 0.717) is 44.4 Å². The number of alkyl halides is 3. The van der Waals surface area contributed by atoms with Crippen LogP contribution in [0.2, 0.25) is 0 Å². The van der Waals surface area contributed by atoms with Crippen molar-refractivity contribution in [3.63, 3.8) is 0 Å². The molecule has 0 fully saturated rings. The van der Waals surface area contributed by atoms with Gasteiger partial charge in [0.25, 0.3) is 5.56 Å². The molecule has 0 radical (unpaired) electrons. The highest BCUT2D eigenvalue weighted by atomic mass is 19.4. The average molecular weight is 460 g/mol. The lowest BCUT2D eigenvalue weighted by Gasteiger charge is -2.31. The summed E-state index contributed by atoms with van der Waals surface area (Å²) >= 11 is 0. The van der Waals surface area contributed by atoms with Gasteiger partial charge in [0.1, 0.15) is 18.2 Å². The molecule has 0 saturated heterocycles. The Hall–Kier alpha value is -3.76. The second-order valence-corrected chi connectivity index (χ2v) is 7.98. The largest absolute Gasteiger partial charge is 0.493 e. The Balaban J connectivity index is 1.88. The van der Waals surface area contributed by atoms with E-state index in [1.165, 1.54) is 24.9 Å². The van der Waals surface area contributed by atoms with Crippen LogP contribution in [0, 0.1) is 0 Å². The highest BCUT2D eigenvalue weighted by molar-refractivity contribution is 6.16. The Bertz CT molecular complexity index is 1510. The van der Waals surface area contributed by atoms with Crippen LogP contribution in [0.4, 0.5) is 13.2 Å². The number of carbonyl (C=O) groups is 1. The Morgan fingerprint density at radius 3 is 2.48 bits per heavy atom. The number of hydrogen-bond donors (Lipinski definition) is 2. The first-order chi connectivity index (χ1) is 15.7. The third-order valence-electron chi connectivity index (χ3n) is 6.18. The number of nitrogens with zero attached hydrogens (tertiary/aromatic N) is 2. The number of aromatic amines is 1. The van der Waals surface area contributed by atoms with E-state index in [9.17, 15) is 22.8 Å². The van der Waals surface area contributed by atoms with E-state index in [0.717, 1.165) is 0 Å². The fraction of sp³-hybridized carbons (Fsp3) is 0.318. The SMILES string of the molecule is COc1cc2c(=O)n3c4c(cnc5[nH]cc(c54)C(C)[C@@H]3C(=O)NCC(F)(F)F)c2cc1OC. The number of halogens is 3. The van der Waals surface area contributed by atoms with E-state index in [4.69, 9.17) is 9.47 Å². The number of fused-ring (bicyclic) bond motifs is 2. The number of amides is 1. The zero-order chi connectivity index (χ0) is 23.7. The Morgan fingerprint density at radius 2 is 1.85 bits per heavy atom. The normalized spacial score (nSPS) is 17.8. The molecule has 4 aromatic rings. The zero-order valence-electron chi connectivity index (χ0n) is 17.8. The molecular formula is C22H19F3N4O4. The summed E-state index contributed by atoms with van der Waals surface area (Å²) in [6.07, 6.45) is -1.33. The zero-order valence-corrected chi connectivity index (χ0v) is 17.8. The smallest absolute Gasteiger partial charge is 0.405 e. The van der Waals surface area contributed by atoms with Gasteiger partial charge >= 0.3 is 6.18 Å². The number of methoxy groups -OCH3 is 2. The lowest BCUT2D eigenvalue weighted by atomic mass is 9.87. The van der Waals surface area contributed by atoms with Gasteiger partial charge < -0.3 is 19.8 Å². The molecule has 11 heteroatoms. The predicted octanol–water partition coefficient (Wildman–Crippen LogP) is 3.38. The highest BCUT2D eigenvalue weighted by Crippen LogP contribution is 2.44. The van der Waals surface area contributed by atoms with Crippen molar-refractivity contribution >= 4 is 38.6 Å². The number of carbonyl (C=O) groups excluding carboxylic acids is 1. The molecule has 8 nitrogen and oxygen atoms in total. The van der Waals surface area contributed by atoms with Crippen LogP contribution in [-0.2, 0) is 4.79 Å². The molecular weight excluding hydrogens is 441 g/mol. The molecule has 1 aromatic carbocycles. The molecule has 0 bridgehead atoms. The maximum atomic E-state index is 13.7. The van der Waals surface area contributed by atoms with Crippen LogP contribution in [0.3, 0.4) is 0 Å². The van der Waals surface area contributed by atoms with E-state index in [-0.39, 0.29) is 5.39 Å². The molecule has 172 valence electrons. The molecule has 2 N–H and O–H groups in total. The van der Waals surface area contributed by atoms with Crippen LogP contribution in [0.25, 0.3) is 32.7 Å². The van der Waals surface area contributed by atoms with Crippen LogP contribution in [0.1, 0.15) is 24.4 Å². The van der Waals surface area contributed by atoms with Gasteiger partial charge in [-0.05, 0) is 17.7 Å². The van der Waals surface area contributed by atoms with Gasteiger partial charge in [-0.25, -0.2) is 4.98 Å². The molecule has 0 aliphatic carbocycles. The Morgan fingerprint density at radius 1 is 1.18 bits per heavy atom. The predicted molar refractivity (Wildman–Crippen MR) is 115 cm³/mol. The topological polar surface area (TPSA) is 98.2 Å². The lowest BCUT2D eigenvalue weighted by Crippen LogP contribution is -2.44. The molecule has 1 amide bonds. The van der Waals surface area contributed by atoms with E-state index in [2.05, 4.69) is 9.97 Å². The summed E-state index contributed by atoms with van der Waals surface area (Å²) in [5.74, 6) is -0.752. The summed E-state index contributed by atoms with van der Waals surface area (Å²) in [6, 6.07) is 1.98. The van der Waals surface area contributed by atoms with Gasteiger partial charge in [0, 0.05) is 34.5 Å².